The molecule has 3 heteroatoms. The highest BCUT2D eigenvalue weighted by Crippen LogP contribution is 2.47. The predicted molar refractivity (Wildman–Crippen MR) is 151 cm³/mol. The van der Waals surface area contributed by atoms with E-state index >= 15 is 0 Å². The van der Waals surface area contributed by atoms with E-state index in [-0.39, 0.29) is 5.75 Å². The van der Waals surface area contributed by atoms with Crippen molar-refractivity contribution < 1.29 is 5.11 Å². The molecule has 0 aliphatic carbocycles. The van der Waals surface area contributed by atoms with Gasteiger partial charge in [-0.3, -0.25) is 0 Å². The van der Waals surface area contributed by atoms with Gasteiger partial charge in [0, 0.05) is 31.9 Å². The molecule has 0 amide bonds. The number of rotatable bonds is 4. The Morgan fingerprint density at radius 1 is 0.543 bits per heavy atom. The first-order valence-electron chi connectivity index (χ1n) is 11.5. The molecule has 0 saturated heterocycles. The van der Waals surface area contributed by atoms with E-state index in [1.54, 1.807) is 0 Å². The van der Waals surface area contributed by atoms with Gasteiger partial charge in [-0.1, -0.05) is 107 Å². The number of benzene rings is 6. The van der Waals surface area contributed by atoms with Gasteiger partial charge >= 0.3 is 0 Å². The van der Waals surface area contributed by atoms with E-state index in [2.05, 4.69) is 99.7 Å². The van der Waals surface area contributed by atoms with E-state index in [0.717, 1.165) is 43.4 Å². The van der Waals surface area contributed by atoms with Crippen molar-refractivity contribution in [3.8, 4) is 16.9 Å². The summed E-state index contributed by atoms with van der Waals surface area (Å²) >= 11 is 3.53. The molecular formula is C32H22BrNO. The lowest BCUT2D eigenvalue weighted by molar-refractivity contribution is 0.483. The summed E-state index contributed by atoms with van der Waals surface area (Å²) in [7, 11) is 0. The fourth-order valence-electron chi connectivity index (χ4n) is 4.76. The van der Waals surface area contributed by atoms with Crippen molar-refractivity contribution in [3.05, 3.63) is 132 Å². The third kappa shape index (κ3) is 3.84. The molecule has 0 spiro atoms. The number of anilines is 3. The zero-order chi connectivity index (χ0) is 23.8. The van der Waals surface area contributed by atoms with Gasteiger partial charge in [-0.15, -0.1) is 0 Å². The van der Waals surface area contributed by atoms with Crippen LogP contribution < -0.4 is 4.90 Å². The first-order valence-corrected chi connectivity index (χ1v) is 12.3. The number of hydrogen-bond donors (Lipinski definition) is 1. The molecule has 0 saturated carbocycles. The summed E-state index contributed by atoms with van der Waals surface area (Å²) in [5, 5.41) is 15.5. The molecule has 0 aliphatic rings. The summed E-state index contributed by atoms with van der Waals surface area (Å²) in [4.78, 5) is 2.30. The van der Waals surface area contributed by atoms with Gasteiger partial charge in [-0.05, 0) is 47.3 Å². The average Bonchev–Trinajstić information content (AvgIpc) is 2.91. The van der Waals surface area contributed by atoms with E-state index in [9.17, 15) is 5.11 Å². The SMILES string of the molecule is Oc1c(-c2ccc(Br)cc2)cc(N(c2ccccc2)c2cccc3ccccc23)c2ccccc12. The van der Waals surface area contributed by atoms with Crippen LogP contribution in [0.2, 0.25) is 0 Å². The summed E-state index contributed by atoms with van der Waals surface area (Å²) < 4.78 is 1.00. The Hall–Kier alpha value is -4.08. The van der Waals surface area contributed by atoms with Crippen LogP contribution in [0.3, 0.4) is 0 Å². The molecule has 6 rings (SSSR count). The maximum absolute atomic E-state index is 11.4. The van der Waals surface area contributed by atoms with Crippen molar-refractivity contribution in [1.29, 1.82) is 0 Å². The number of hydrogen-bond acceptors (Lipinski definition) is 2. The number of nitrogens with zero attached hydrogens (tertiary/aromatic N) is 1. The summed E-state index contributed by atoms with van der Waals surface area (Å²) in [5.74, 6) is 0.289. The van der Waals surface area contributed by atoms with Crippen LogP contribution in [-0.2, 0) is 0 Å². The Bertz CT molecular complexity index is 1650. The minimum absolute atomic E-state index is 0.289. The van der Waals surface area contributed by atoms with E-state index in [1.807, 2.05) is 48.5 Å². The Kier molecular flexibility index (Phi) is 5.48. The lowest BCUT2D eigenvalue weighted by atomic mass is 9.96. The van der Waals surface area contributed by atoms with Crippen LogP contribution in [0, 0.1) is 0 Å². The Morgan fingerprint density at radius 3 is 1.94 bits per heavy atom. The maximum Gasteiger partial charge on any atom is 0.131 e. The van der Waals surface area contributed by atoms with Gasteiger partial charge in [0.05, 0.1) is 11.4 Å². The lowest BCUT2D eigenvalue weighted by Crippen LogP contribution is -2.11. The number of aromatic hydroxyl groups is 1. The smallest absolute Gasteiger partial charge is 0.131 e. The summed E-state index contributed by atoms with van der Waals surface area (Å²) in [5.41, 5.74) is 4.92. The van der Waals surface area contributed by atoms with Crippen LogP contribution in [0.15, 0.2) is 132 Å². The van der Waals surface area contributed by atoms with Gasteiger partial charge in [0.2, 0.25) is 0 Å². The van der Waals surface area contributed by atoms with Gasteiger partial charge in [-0.25, -0.2) is 0 Å². The standard InChI is InChI=1S/C32H22BrNO/c33-24-19-17-23(18-20-24)29-21-31(27-14-6-7-15-28(27)32(29)35)34(25-11-2-1-3-12-25)30-16-8-10-22-9-4-5-13-26(22)30/h1-21,35H. The number of fused-ring (bicyclic) bond motifs is 2. The molecular weight excluding hydrogens is 494 g/mol. The molecule has 168 valence electrons. The van der Waals surface area contributed by atoms with Gasteiger partial charge in [0.1, 0.15) is 5.75 Å². The third-order valence-electron chi connectivity index (χ3n) is 6.41. The van der Waals surface area contributed by atoms with Crippen molar-refractivity contribution in [3.63, 3.8) is 0 Å². The van der Waals surface area contributed by atoms with Crippen molar-refractivity contribution in [2.75, 3.05) is 4.90 Å². The zero-order valence-corrected chi connectivity index (χ0v) is 20.5. The monoisotopic (exact) mass is 515 g/mol. The second-order valence-corrected chi connectivity index (χ2v) is 9.43. The number of phenols is 1. The van der Waals surface area contributed by atoms with Crippen LogP contribution in [-0.4, -0.2) is 5.11 Å². The van der Waals surface area contributed by atoms with Crippen molar-refractivity contribution >= 4 is 54.5 Å². The highest BCUT2D eigenvalue weighted by Gasteiger charge is 2.21. The minimum Gasteiger partial charge on any atom is -0.507 e. The molecule has 0 fully saturated rings. The predicted octanol–water partition coefficient (Wildman–Crippen LogP) is 9.60. The van der Waals surface area contributed by atoms with E-state index in [4.69, 9.17) is 0 Å². The third-order valence-corrected chi connectivity index (χ3v) is 6.94. The van der Waals surface area contributed by atoms with E-state index < -0.39 is 0 Å². The Labute approximate surface area is 212 Å². The maximum atomic E-state index is 11.4. The highest BCUT2D eigenvalue weighted by molar-refractivity contribution is 9.10. The second kappa shape index (κ2) is 8.94. The Balaban J connectivity index is 1.71. The Morgan fingerprint density at radius 2 is 1.17 bits per heavy atom. The average molecular weight is 516 g/mol. The largest absolute Gasteiger partial charge is 0.507 e. The molecule has 0 aliphatic heterocycles. The molecule has 35 heavy (non-hydrogen) atoms. The normalized spacial score (nSPS) is 11.1. The van der Waals surface area contributed by atoms with Crippen LogP contribution in [0.5, 0.6) is 5.75 Å². The van der Waals surface area contributed by atoms with Gasteiger partial charge < -0.3 is 10.0 Å². The van der Waals surface area contributed by atoms with Crippen LogP contribution >= 0.6 is 15.9 Å². The summed E-state index contributed by atoms with van der Waals surface area (Å²) in [6, 6.07) is 43.5. The molecule has 0 radical (unpaired) electrons. The molecule has 6 aromatic carbocycles. The molecule has 0 bridgehead atoms. The van der Waals surface area contributed by atoms with Crippen molar-refractivity contribution in [2.45, 2.75) is 0 Å². The molecule has 0 aromatic heterocycles. The summed E-state index contributed by atoms with van der Waals surface area (Å²) in [6.45, 7) is 0. The van der Waals surface area contributed by atoms with Crippen LogP contribution in [0.25, 0.3) is 32.7 Å². The molecule has 6 aromatic rings. The van der Waals surface area contributed by atoms with Crippen molar-refractivity contribution in [1.82, 2.24) is 0 Å². The quantitative estimate of drug-likeness (QED) is 0.252. The lowest BCUT2D eigenvalue weighted by Gasteiger charge is -2.29. The number of phenolic OH excluding ortho intramolecular Hbond substituents is 1. The topological polar surface area (TPSA) is 23.5 Å². The fourth-order valence-corrected chi connectivity index (χ4v) is 5.03. The van der Waals surface area contributed by atoms with E-state index in [1.165, 1.54) is 10.8 Å². The number of para-hydroxylation sites is 1. The van der Waals surface area contributed by atoms with E-state index in [0.29, 0.717) is 0 Å². The van der Waals surface area contributed by atoms with Gasteiger partial charge in [0.25, 0.3) is 0 Å². The first-order chi connectivity index (χ1) is 17.2. The molecule has 0 atom stereocenters. The minimum atomic E-state index is 0.289. The van der Waals surface area contributed by atoms with Crippen molar-refractivity contribution in [2.24, 2.45) is 0 Å². The summed E-state index contributed by atoms with van der Waals surface area (Å²) in [6.07, 6.45) is 0. The van der Waals surface area contributed by atoms with Gasteiger partial charge in [-0.2, -0.15) is 0 Å². The van der Waals surface area contributed by atoms with Gasteiger partial charge in [0.15, 0.2) is 0 Å². The number of halogens is 1. The van der Waals surface area contributed by atoms with Crippen LogP contribution in [0.4, 0.5) is 17.1 Å². The molecule has 0 heterocycles. The first kappa shape index (κ1) is 21.5. The highest BCUT2D eigenvalue weighted by atomic mass is 79.9. The van der Waals surface area contributed by atoms with Crippen LogP contribution in [0.1, 0.15) is 0 Å². The molecule has 1 N–H and O–H groups in total. The molecule has 2 nitrogen and oxygen atoms in total. The second-order valence-electron chi connectivity index (χ2n) is 8.51. The molecule has 0 unspecified atom stereocenters. The fraction of sp³-hybridized carbons (Fsp3) is 0. The zero-order valence-electron chi connectivity index (χ0n) is 18.9.